The predicted octanol–water partition coefficient (Wildman–Crippen LogP) is 12.1. The highest BCUT2D eigenvalue weighted by atomic mass is 16.6. The van der Waals surface area contributed by atoms with Crippen molar-refractivity contribution in [2.45, 2.75) is 193 Å². The standard InChI is InChI=1S/C40H74O4/c1-3-5-7-9-11-13-15-17-19-21-23-25-27-29-31-33-35-40(42)44-39(37-41)38-43-36-34-32-30-28-26-24-22-20-18-16-14-12-10-8-6-4-2/h6,8,12,14,18,20,39,41H,3-5,7,9-11,13,15-17,19,21-38H2,1-2H3/b8-6-,14-12-,20-18-. The summed E-state index contributed by atoms with van der Waals surface area (Å²) in [5, 5.41) is 9.56. The Morgan fingerprint density at radius 3 is 1.55 bits per heavy atom. The number of ether oxygens (including phenoxy) is 2. The maximum atomic E-state index is 12.2. The zero-order valence-electron chi connectivity index (χ0n) is 29.4. The van der Waals surface area contributed by atoms with Gasteiger partial charge in [0.25, 0.3) is 0 Å². The van der Waals surface area contributed by atoms with E-state index in [1.165, 1.54) is 122 Å². The summed E-state index contributed by atoms with van der Waals surface area (Å²) in [6, 6.07) is 0. The molecule has 1 N–H and O–H groups in total. The van der Waals surface area contributed by atoms with Gasteiger partial charge in [0.1, 0.15) is 6.10 Å². The summed E-state index contributed by atoms with van der Waals surface area (Å²) in [5.41, 5.74) is 0. The Morgan fingerprint density at radius 2 is 1.02 bits per heavy atom. The third-order valence-electron chi connectivity index (χ3n) is 8.23. The molecular weight excluding hydrogens is 544 g/mol. The van der Waals surface area contributed by atoms with Crippen LogP contribution in [-0.2, 0) is 14.3 Å². The Hall–Kier alpha value is -1.39. The highest BCUT2D eigenvalue weighted by molar-refractivity contribution is 5.69. The number of carbonyl (C=O) groups is 1. The lowest BCUT2D eigenvalue weighted by Gasteiger charge is -2.15. The molecule has 0 aromatic heterocycles. The van der Waals surface area contributed by atoms with Crippen molar-refractivity contribution >= 4 is 5.97 Å². The molecule has 4 nitrogen and oxygen atoms in total. The number of rotatable bonds is 35. The zero-order valence-corrected chi connectivity index (χ0v) is 29.4. The second-order valence-electron chi connectivity index (χ2n) is 12.6. The molecule has 0 aromatic rings. The van der Waals surface area contributed by atoms with E-state index in [2.05, 4.69) is 50.3 Å². The van der Waals surface area contributed by atoms with Crippen LogP contribution in [-0.4, -0.2) is 37.0 Å². The molecule has 0 amide bonds. The highest BCUT2D eigenvalue weighted by Gasteiger charge is 2.13. The molecule has 258 valence electrons. The fourth-order valence-corrected chi connectivity index (χ4v) is 5.40. The van der Waals surface area contributed by atoms with Crippen molar-refractivity contribution in [3.63, 3.8) is 0 Å². The minimum absolute atomic E-state index is 0.175. The summed E-state index contributed by atoms with van der Waals surface area (Å²) in [7, 11) is 0. The molecule has 0 bridgehead atoms. The van der Waals surface area contributed by atoms with Gasteiger partial charge in [-0.1, -0.05) is 172 Å². The Balaban J connectivity index is 3.44. The first kappa shape index (κ1) is 42.6. The molecule has 0 aromatic carbocycles. The van der Waals surface area contributed by atoms with Crippen molar-refractivity contribution < 1.29 is 19.4 Å². The molecule has 0 heterocycles. The van der Waals surface area contributed by atoms with Gasteiger partial charge >= 0.3 is 5.97 Å². The van der Waals surface area contributed by atoms with Gasteiger partial charge < -0.3 is 14.6 Å². The van der Waals surface area contributed by atoms with Crippen molar-refractivity contribution in [1.29, 1.82) is 0 Å². The molecule has 1 unspecified atom stereocenters. The first-order chi connectivity index (χ1) is 21.7. The van der Waals surface area contributed by atoms with Crippen LogP contribution >= 0.6 is 0 Å². The van der Waals surface area contributed by atoms with Crippen LogP contribution < -0.4 is 0 Å². The lowest BCUT2D eigenvalue weighted by Crippen LogP contribution is -2.27. The van der Waals surface area contributed by atoms with Crippen LogP contribution in [0.3, 0.4) is 0 Å². The van der Waals surface area contributed by atoms with Crippen molar-refractivity contribution in [2.75, 3.05) is 19.8 Å². The van der Waals surface area contributed by atoms with E-state index in [1.54, 1.807) is 0 Å². The van der Waals surface area contributed by atoms with Crippen molar-refractivity contribution in [3.8, 4) is 0 Å². The van der Waals surface area contributed by atoms with Gasteiger partial charge in [-0.15, -0.1) is 0 Å². The number of hydrogen-bond acceptors (Lipinski definition) is 4. The van der Waals surface area contributed by atoms with Gasteiger partial charge in [-0.3, -0.25) is 4.79 Å². The normalized spacial score (nSPS) is 12.7. The summed E-state index contributed by atoms with van der Waals surface area (Å²) < 4.78 is 11.1. The Morgan fingerprint density at radius 1 is 0.568 bits per heavy atom. The second kappa shape index (κ2) is 37.8. The second-order valence-corrected chi connectivity index (χ2v) is 12.6. The summed E-state index contributed by atoms with van der Waals surface area (Å²) in [6.45, 7) is 5.22. The first-order valence-corrected chi connectivity index (χ1v) is 19.1. The van der Waals surface area contributed by atoms with Gasteiger partial charge in [-0.05, 0) is 44.9 Å². The molecule has 44 heavy (non-hydrogen) atoms. The molecule has 0 fully saturated rings. The minimum Gasteiger partial charge on any atom is -0.457 e. The van der Waals surface area contributed by atoms with Crippen LogP contribution in [0.2, 0.25) is 0 Å². The van der Waals surface area contributed by atoms with Crippen molar-refractivity contribution in [3.05, 3.63) is 36.5 Å². The molecule has 0 radical (unpaired) electrons. The summed E-state index contributed by atoms with van der Waals surface area (Å²) in [4.78, 5) is 12.2. The maximum absolute atomic E-state index is 12.2. The van der Waals surface area contributed by atoms with Crippen LogP contribution in [0.1, 0.15) is 187 Å². The van der Waals surface area contributed by atoms with Crippen LogP contribution in [0.4, 0.5) is 0 Å². The van der Waals surface area contributed by atoms with E-state index < -0.39 is 6.10 Å². The average molecular weight is 619 g/mol. The van der Waals surface area contributed by atoms with E-state index in [4.69, 9.17) is 9.47 Å². The van der Waals surface area contributed by atoms with Gasteiger partial charge in [0.05, 0.1) is 13.2 Å². The molecule has 4 heteroatoms. The van der Waals surface area contributed by atoms with E-state index >= 15 is 0 Å². The molecule has 0 saturated carbocycles. The zero-order chi connectivity index (χ0) is 32.0. The third-order valence-corrected chi connectivity index (χ3v) is 8.23. The highest BCUT2D eigenvalue weighted by Crippen LogP contribution is 2.14. The fraction of sp³-hybridized carbons (Fsp3) is 0.825. The predicted molar refractivity (Wildman–Crippen MR) is 191 cm³/mol. The molecule has 0 rings (SSSR count). The number of hydrogen-bond donors (Lipinski definition) is 1. The number of carbonyl (C=O) groups excluding carboxylic acids is 1. The largest absolute Gasteiger partial charge is 0.457 e. The minimum atomic E-state index is -0.537. The van der Waals surface area contributed by atoms with Crippen LogP contribution in [0.25, 0.3) is 0 Å². The lowest BCUT2D eigenvalue weighted by atomic mass is 10.0. The molecular formula is C40H74O4. The maximum Gasteiger partial charge on any atom is 0.306 e. The molecule has 1 atom stereocenters. The van der Waals surface area contributed by atoms with Crippen LogP contribution in [0, 0.1) is 0 Å². The van der Waals surface area contributed by atoms with Gasteiger partial charge in [-0.2, -0.15) is 0 Å². The van der Waals surface area contributed by atoms with Gasteiger partial charge in [0.15, 0.2) is 0 Å². The number of aliphatic hydroxyl groups excluding tert-OH is 1. The molecule has 0 saturated heterocycles. The Kier molecular flexibility index (Phi) is 36.6. The Bertz CT molecular complexity index is 654. The topological polar surface area (TPSA) is 55.8 Å². The Labute approximate surface area is 274 Å². The summed E-state index contributed by atoms with van der Waals surface area (Å²) >= 11 is 0. The quantitative estimate of drug-likeness (QED) is 0.0436. The first-order valence-electron chi connectivity index (χ1n) is 19.1. The van der Waals surface area contributed by atoms with E-state index in [0.29, 0.717) is 13.0 Å². The van der Waals surface area contributed by atoms with Gasteiger partial charge in [-0.25, -0.2) is 0 Å². The lowest BCUT2D eigenvalue weighted by molar-refractivity contribution is -0.154. The summed E-state index contributed by atoms with van der Waals surface area (Å²) in [6.07, 6.45) is 46.1. The SMILES string of the molecule is CC/C=C\C/C=C\C/C=C\CCCCCCCCOCC(CO)OC(=O)CCCCCCCCCCCCCCCCCC. The number of allylic oxidation sites excluding steroid dienone is 6. The smallest absolute Gasteiger partial charge is 0.306 e. The van der Waals surface area contributed by atoms with Crippen LogP contribution in [0.15, 0.2) is 36.5 Å². The third kappa shape index (κ3) is 35.1. The van der Waals surface area contributed by atoms with Crippen molar-refractivity contribution in [1.82, 2.24) is 0 Å². The molecule has 0 aliphatic heterocycles. The van der Waals surface area contributed by atoms with Crippen LogP contribution in [0.5, 0.6) is 0 Å². The number of aliphatic hydroxyl groups is 1. The van der Waals surface area contributed by atoms with E-state index in [1.807, 2.05) is 0 Å². The van der Waals surface area contributed by atoms with E-state index in [-0.39, 0.29) is 19.2 Å². The van der Waals surface area contributed by atoms with E-state index in [9.17, 15) is 9.90 Å². The van der Waals surface area contributed by atoms with Crippen molar-refractivity contribution in [2.24, 2.45) is 0 Å². The van der Waals surface area contributed by atoms with Gasteiger partial charge in [0.2, 0.25) is 0 Å². The number of unbranched alkanes of at least 4 members (excludes halogenated alkanes) is 21. The number of esters is 1. The monoisotopic (exact) mass is 619 g/mol. The van der Waals surface area contributed by atoms with Gasteiger partial charge in [0, 0.05) is 13.0 Å². The summed E-state index contributed by atoms with van der Waals surface area (Å²) in [5.74, 6) is -0.204. The fourth-order valence-electron chi connectivity index (χ4n) is 5.40. The average Bonchev–Trinajstić information content (AvgIpc) is 3.03. The van der Waals surface area contributed by atoms with E-state index in [0.717, 1.165) is 44.9 Å². The molecule has 0 spiro atoms. The molecule has 0 aliphatic carbocycles. The molecule has 0 aliphatic rings.